The molecule has 3 saturated carbocycles. The number of hydrogen-bond acceptors (Lipinski definition) is 3. The van der Waals surface area contributed by atoms with Crippen LogP contribution in [-0.2, 0) is 11.3 Å². The van der Waals surface area contributed by atoms with Crippen LogP contribution in [-0.4, -0.2) is 17.1 Å². The molecule has 1 aromatic rings. The number of halogens is 3. The van der Waals surface area contributed by atoms with E-state index in [2.05, 4.69) is 10.3 Å². The molecule has 0 aliphatic heterocycles. The lowest BCUT2D eigenvalue weighted by molar-refractivity contribution is -0.258. The van der Waals surface area contributed by atoms with E-state index >= 15 is 0 Å². The SMILES string of the molecule is O=C(NCc1cocn1)C12CCC(C(F)(F)F)(CC1)CC2. The number of hydrogen-bond donors (Lipinski definition) is 1. The van der Waals surface area contributed by atoms with Crippen LogP contribution in [0.5, 0.6) is 0 Å². The standard InChI is InChI=1S/C14H17F3N2O2/c15-14(16,17)13-4-1-12(2-5-13,3-6-13)11(20)18-7-10-8-21-9-19-10/h8-9H,1-7H2,(H,18,20). The summed E-state index contributed by atoms with van der Waals surface area (Å²) in [5, 5.41) is 2.78. The van der Waals surface area contributed by atoms with Crippen molar-refractivity contribution < 1.29 is 22.4 Å². The Balaban J connectivity index is 1.64. The molecule has 1 aromatic heterocycles. The van der Waals surface area contributed by atoms with Crippen molar-refractivity contribution in [3.8, 4) is 0 Å². The molecule has 1 heterocycles. The van der Waals surface area contributed by atoms with Gasteiger partial charge in [-0.2, -0.15) is 13.2 Å². The van der Waals surface area contributed by atoms with Gasteiger partial charge in [0.1, 0.15) is 6.26 Å². The Morgan fingerprint density at radius 3 is 2.33 bits per heavy atom. The first-order chi connectivity index (χ1) is 9.87. The third-order valence-corrected chi connectivity index (χ3v) is 5.24. The maximum Gasteiger partial charge on any atom is 0.394 e. The fourth-order valence-electron chi connectivity index (χ4n) is 3.63. The second-order valence-corrected chi connectivity index (χ2v) is 6.22. The first-order valence-corrected chi connectivity index (χ1v) is 7.09. The number of nitrogens with zero attached hydrogens (tertiary/aromatic N) is 1. The van der Waals surface area contributed by atoms with Gasteiger partial charge in [0.25, 0.3) is 0 Å². The first kappa shape index (κ1) is 14.4. The lowest BCUT2D eigenvalue weighted by Crippen LogP contribution is -2.54. The maximum atomic E-state index is 13.2. The number of aromatic nitrogens is 1. The largest absolute Gasteiger partial charge is 0.451 e. The summed E-state index contributed by atoms with van der Waals surface area (Å²) >= 11 is 0. The average molecular weight is 302 g/mol. The minimum atomic E-state index is -4.16. The Labute approximate surface area is 120 Å². The van der Waals surface area contributed by atoms with E-state index in [1.54, 1.807) is 0 Å². The van der Waals surface area contributed by atoms with E-state index in [4.69, 9.17) is 4.42 Å². The summed E-state index contributed by atoms with van der Waals surface area (Å²) in [7, 11) is 0. The van der Waals surface area contributed by atoms with E-state index in [0.717, 1.165) is 0 Å². The van der Waals surface area contributed by atoms with E-state index < -0.39 is 17.0 Å². The van der Waals surface area contributed by atoms with Crippen LogP contribution in [0.25, 0.3) is 0 Å². The van der Waals surface area contributed by atoms with Crippen molar-refractivity contribution in [1.82, 2.24) is 10.3 Å². The van der Waals surface area contributed by atoms with Crippen LogP contribution >= 0.6 is 0 Å². The Morgan fingerprint density at radius 2 is 1.86 bits per heavy atom. The predicted octanol–water partition coefficient (Wildman–Crippen LogP) is 3.19. The zero-order valence-electron chi connectivity index (χ0n) is 11.5. The molecule has 0 unspecified atom stereocenters. The number of rotatable bonds is 3. The van der Waals surface area contributed by atoms with Gasteiger partial charge in [-0.05, 0) is 38.5 Å². The first-order valence-electron chi connectivity index (χ1n) is 7.09. The Hall–Kier alpha value is -1.53. The molecule has 0 radical (unpaired) electrons. The van der Waals surface area contributed by atoms with E-state index in [0.29, 0.717) is 25.0 Å². The van der Waals surface area contributed by atoms with Crippen LogP contribution in [0.1, 0.15) is 44.2 Å². The number of fused-ring (bicyclic) bond motifs is 3. The van der Waals surface area contributed by atoms with Crippen molar-refractivity contribution in [3.05, 3.63) is 18.4 Å². The lowest BCUT2D eigenvalue weighted by atomic mass is 9.53. The number of carbonyl (C=O) groups is 1. The van der Waals surface area contributed by atoms with E-state index in [1.807, 2.05) is 0 Å². The van der Waals surface area contributed by atoms with Crippen molar-refractivity contribution >= 4 is 5.91 Å². The monoisotopic (exact) mass is 302 g/mol. The molecule has 21 heavy (non-hydrogen) atoms. The third kappa shape index (κ3) is 2.32. The fourth-order valence-corrected chi connectivity index (χ4v) is 3.63. The van der Waals surface area contributed by atoms with Gasteiger partial charge in [0, 0.05) is 5.41 Å². The molecule has 3 fully saturated rings. The molecule has 0 atom stereocenters. The van der Waals surface area contributed by atoms with Crippen LogP contribution in [0.3, 0.4) is 0 Å². The van der Waals surface area contributed by atoms with Gasteiger partial charge < -0.3 is 9.73 Å². The highest BCUT2D eigenvalue weighted by Crippen LogP contribution is 2.62. The van der Waals surface area contributed by atoms with Crippen LogP contribution in [0.2, 0.25) is 0 Å². The maximum absolute atomic E-state index is 13.2. The zero-order valence-corrected chi connectivity index (χ0v) is 11.5. The van der Waals surface area contributed by atoms with Crippen molar-refractivity contribution in [2.24, 2.45) is 10.8 Å². The van der Waals surface area contributed by atoms with Gasteiger partial charge in [0.15, 0.2) is 6.39 Å². The van der Waals surface area contributed by atoms with Crippen molar-refractivity contribution in [3.63, 3.8) is 0 Å². The molecular weight excluding hydrogens is 285 g/mol. The minimum absolute atomic E-state index is 0.0634. The Bertz CT molecular complexity index is 500. The minimum Gasteiger partial charge on any atom is -0.451 e. The topological polar surface area (TPSA) is 55.1 Å². The van der Waals surface area contributed by atoms with Crippen LogP contribution in [0, 0.1) is 10.8 Å². The summed E-state index contributed by atoms with van der Waals surface area (Å²) in [6.45, 7) is 0.251. The van der Waals surface area contributed by atoms with Gasteiger partial charge in [0.2, 0.25) is 5.91 Å². The number of alkyl halides is 3. The molecular formula is C14H17F3N2O2. The highest BCUT2D eigenvalue weighted by atomic mass is 19.4. The summed E-state index contributed by atoms with van der Waals surface area (Å²) < 4.78 is 44.3. The van der Waals surface area contributed by atoms with Crippen molar-refractivity contribution in [1.29, 1.82) is 0 Å². The highest BCUT2D eigenvalue weighted by Gasteiger charge is 2.62. The molecule has 116 valence electrons. The average Bonchev–Trinajstić information content (AvgIpc) is 2.99. The number of oxazole rings is 1. The van der Waals surface area contributed by atoms with Gasteiger partial charge in [-0.1, -0.05) is 0 Å². The predicted molar refractivity (Wildman–Crippen MR) is 67.0 cm³/mol. The normalized spacial score (nSPS) is 32.1. The Kier molecular flexibility index (Phi) is 3.26. The van der Waals surface area contributed by atoms with Crippen LogP contribution in [0.15, 0.2) is 17.1 Å². The van der Waals surface area contributed by atoms with Gasteiger partial charge in [-0.25, -0.2) is 4.98 Å². The molecule has 0 saturated heterocycles. The molecule has 3 aliphatic rings. The van der Waals surface area contributed by atoms with Gasteiger partial charge >= 0.3 is 6.18 Å². The van der Waals surface area contributed by atoms with Crippen molar-refractivity contribution in [2.75, 3.05) is 0 Å². The summed E-state index contributed by atoms with van der Waals surface area (Å²) in [5.41, 5.74) is -1.58. The van der Waals surface area contributed by atoms with Crippen molar-refractivity contribution in [2.45, 2.75) is 51.2 Å². The summed E-state index contributed by atoms with van der Waals surface area (Å²) in [5.74, 6) is -0.152. The molecule has 2 bridgehead atoms. The molecule has 0 aromatic carbocycles. The van der Waals surface area contributed by atoms with E-state index in [1.165, 1.54) is 12.7 Å². The highest BCUT2D eigenvalue weighted by molar-refractivity contribution is 5.83. The molecule has 1 amide bonds. The summed E-state index contributed by atoms with van der Waals surface area (Å²) in [6.07, 6.45) is -0.301. The second-order valence-electron chi connectivity index (χ2n) is 6.22. The van der Waals surface area contributed by atoms with E-state index in [-0.39, 0.29) is 31.7 Å². The van der Waals surface area contributed by atoms with Crippen LogP contribution in [0.4, 0.5) is 13.2 Å². The van der Waals surface area contributed by atoms with Gasteiger partial charge in [0.05, 0.1) is 17.7 Å². The summed E-state index contributed by atoms with van der Waals surface area (Å²) in [6, 6.07) is 0. The van der Waals surface area contributed by atoms with E-state index in [9.17, 15) is 18.0 Å². The quantitative estimate of drug-likeness (QED) is 0.933. The second kappa shape index (κ2) is 4.74. The third-order valence-electron chi connectivity index (χ3n) is 5.24. The molecule has 7 heteroatoms. The lowest BCUT2D eigenvalue weighted by Gasteiger charge is -2.52. The smallest absolute Gasteiger partial charge is 0.394 e. The molecule has 4 nitrogen and oxygen atoms in total. The molecule has 3 aliphatic carbocycles. The van der Waals surface area contributed by atoms with Crippen LogP contribution < -0.4 is 5.32 Å². The zero-order chi connectivity index (χ0) is 15.1. The summed E-state index contributed by atoms with van der Waals surface area (Å²) in [4.78, 5) is 16.3. The van der Waals surface area contributed by atoms with Gasteiger partial charge in [-0.3, -0.25) is 4.79 Å². The number of amides is 1. The fraction of sp³-hybridized carbons (Fsp3) is 0.714. The molecule has 1 N–H and O–H groups in total. The number of nitrogens with one attached hydrogen (secondary N) is 1. The molecule has 0 spiro atoms. The Morgan fingerprint density at radius 1 is 1.24 bits per heavy atom. The number of carbonyl (C=O) groups excluding carboxylic acids is 1. The molecule has 4 rings (SSSR count). The van der Waals surface area contributed by atoms with Gasteiger partial charge in [-0.15, -0.1) is 0 Å².